The summed E-state index contributed by atoms with van der Waals surface area (Å²) in [5, 5.41) is 0. The monoisotopic (exact) mass is 289 g/mol. The molecule has 0 saturated carbocycles. The molecule has 0 bridgehead atoms. The molecule has 5 nitrogen and oxygen atoms in total. The number of amides is 2. The van der Waals surface area contributed by atoms with Gasteiger partial charge in [-0.2, -0.15) is 0 Å². The Bertz CT molecular complexity index is 601. The number of hydrogen-bond donors (Lipinski definition) is 0. The maximum atomic E-state index is 12.4. The molecule has 21 heavy (non-hydrogen) atoms. The molecule has 0 spiro atoms. The van der Waals surface area contributed by atoms with Crippen molar-refractivity contribution in [3.05, 3.63) is 35.4 Å². The van der Waals surface area contributed by atoms with Crippen molar-refractivity contribution < 1.29 is 19.1 Å². The number of ether oxygens (including phenoxy) is 1. The minimum absolute atomic E-state index is 0.170. The first-order chi connectivity index (χ1) is 9.77. The molecule has 0 aliphatic carbocycles. The molecule has 0 N–H and O–H groups in total. The summed E-state index contributed by atoms with van der Waals surface area (Å²) in [5.74, 6) is -1.22. The summed E-state index contributed by atoms with van der Waals surface area (Å²) in [5.41, 5.74) is 0.259. The maximum absolute atomic E-state index is 12.4. The van der Waals surface area contributed by atoms with Gasteiger partial charge in [0.1, 0.15) is 0 Å². The highest BCUT2D eigenvalue weighted by molar-refractivity contribution is 6.08. The molecular formula is C16H19NO4. The molecule has 5 heteroatoms. The van der Waals surface area contributed by atoms with Crippen molar-refractivity contribution in [2.24, 2.45) is 5.41 Å². The summed E-state index contributed by atoms with van der Waals surface area (Å²) >= 11 is 0. The Labute approximate surface area is 123 Å². The van der Waals surface area contributed by atoms with Crippen LogP contribution in [-0.4, -0.2) is 22.7 Å². The standard InChI is InChI=1S/C16H19NO4/c1-5-12(18)17-13(19)10-8-6-7-9-11(10)14(17)21-15(20)16(2,3)4/h6-9,14H,5H2,1-4H3/t14-/m0/s1. The summed E-state index contributed by atoms with van der Waals surface area (Å²) in [6.07, 6.45) is -0.795. The van der Waals surface area contributed by atoms with Gasteiger partial charge in [0.2, 0.25) is 12.1 Å². The molecule has 112 valence electrons. The van der Waals surface area contributed by atoms with Crippen LogP contribution in [0.4, 0.5) is 0 Å². The van der Waals surface area contributed by atoms with E-state index in [0.29, 0.717) is 11.1 Å². The van der Waals surface area contributed by atoms with Crippen LogP contribution in [0.5, 0.6) is 0 Å². The van der Waals surface area contributed by atoms with Crippen LogP contribution in [0.1, 0.15) is 56.3 Å². The van der Waals surface area contributed by atoms with E-state index in [2.05, 4.69) is 0 Å². The lowest BCUT2D eigenvalue weighted by molar-refractivity contribution is -0.169. The lowest BCUT2D eigenvalue weighted by atomic mass is 9.97. The summed E-state index contributed by atoms with van der Waals surface area (Å²) in [6.45, 7) is 6.85. The van der Waals surface area contributed by atoms with Gasteiger partial charge < -0.3 is 4.74 Å². The average molecular weight is 289 g/mol. The van der Waals surface area contributed by atoms with Crippen LogP contribution in [0, 0.1) is 5.41 Å². The molecule has 1 atom stereocenters. The van der Waals surface area contributed by atoms with Crippen LogP contribution < -0.4 is 0 Å². The molecule has 0 aromatic heterocycles. The van der Waals surface area contributed by atoms with Gasteiger partial charge in [0.15, 0.2) is 0 Å². The number of nitrogens with zero attached hydrogens (tertiary/aromatic N) is 1. The highest BCUT2D eigenvalue weighted by Gasteiger charge is 2.43. The summed E-state index contributed by atoms with van der Waals surface area (Å²) in [4.78, 5) is 37.6. The number of esters is 1. The second kappa shape index (κ2) is 5.31. The Hall–Kier alpha value is -2.17. The van der Waals surface area contributed by atoms with Crippen molar-refractivity contribution in [3.8, 4) is 0 Å². The van der Waals surface area contributed by atoms with E-state index < -0.39 is 23.5 Å². The first-order valence-electron chi connectivity index (χ1n) is 6.93. The Morgan fingerprint density at radius 3 is 2.43 bits per heavy atom. The molecule has 2 amide bonds. The average Bonchev–Trinajstić information content (AvgIpc) is 2.71. The smallest absolute Gasteiger partial charge is 0.313 e. The highest BCUT2D eigenvalue weighted by Crippen LogP contribution is 2.36. The minimum Gasteiger partial charge on any atom is -0.436 e. The maximum Gasteiger partial charge on any atom is 0.313 e. The fourth-order valence-corrected chi connectivity index (χ4v) is 2.09. The molecule has 0 unspecified atom stereocenters. The molecule has 0 saturated heterocycles. The Morgan fingerprint density at radius 2 is 1.86 bits per heavy atom. The predicted molar refractivity (Wildman–Crippen MR) is 76.2 cm³/mol. The molecule has 0 radical (unpaired) electrons. The fourth-order valence-electron chi connectivity index (χ4n) is 2.09. The van der Waals surface area contributed by atoms with Crippen LogP contribution in [0.3, 0.4) is 0 Å². The lowest BCUT2D eigenvalue weighted by Crippen LogP contribution is -2.37. The summed E-state index contributed by atoms with van der Waals surface area (Å²) < 4.78 is 5.45. The number of imide groups is 1. The third kappa shape index (κ3) is 2.68. The molecular weight excluding hydrogens is 270 g/mol. The van der Waals surface area contributed by atoms with Gasteiger partial charge in [-0.1, -0.05) is 25.1 Å². The highest BCUT2D eigenvalue weighted by atomic mass is 16.6. The zero-order chi connectivity index (χ0) is 15.8. The normalized spacial score (nSPS) is 17.6. The number of rotatable bonds is 2. The summed E-state index contributed by atoms with van der Waals surface area (Å²) in [7, 11) is 0. The second-order valence-electron chi connectivity index (χ2n) is 6.02. The molecule has 1 aliphatic rings. The number of hydrogen-bond acceptors (Lipinski definition) is 4. The van der Waals surface area contributed by atoms with E-state index in [1.807, 2.05) is 0 Å². The number of carbonyl (C=O) groups excluding carboxylic acids is 3. The van der Waals surface area contributed by atoms with E-state index in [4.69, 9.17) is 4.74 Å². The zero-order valence-electron chi connectivity index (χ0n) is 12.7. The number of carbonyl (C=O) groups is 3. The van der Waals surface area contributed by atoms with Gasteiger partial charge in [-0.05, 0) is 26.8 Å². The first-order valence-corrected chi connectivity index (χ1v) is 6.93. The predicted octanol–water partition coefficient (Wildman–Crippen LogP) is 2.67. The third-order valence-electron chi connectivity index (χ3n) is 3.31. The van der Waals surface area contributed by atoms with Gasteiger partial charge >= 0.3 is 5.97 Å². The topological polar surface area (TPSA) is 63.7 Å². The SMILES string of the molecule is CCC(=O)N1C(=O)c2ccccc2[C@@H]1OC(=O)C(C)(C)C. The first kappa shape index (κ1) is 15.2. The number of fused-ring (bicyclic) bond motifs is 1. The lowest BCUT2D eigenvalue weighted by Gasteiger charge is -2.26. The number of benzene rings is 1. The van der Waals surface area contributed by atoms with Gasteiger partial charge in [-0.15, -0.1) is 0 Å². The Morgan fingerprint density at radius 1 is 1.24 bits per heavy atom. The van der Waals surface area contributed by atoms with E-state index in [1.165, 1.54) is 0 Å². The van der Waals surface area contributed by atoms with Gasteiger partial charge in [0.05, 0.1) is 5.41 Å². The van der Waals surface area contributed by atoms with E-state index in [-0.39, 0.29) is 12.3 Å². The van der Waals surface area contributed by atoms with Gasteiger partial charge in [-0.25, -0.2) is 4.90 Å². The Kier molecular flexibility index (Phi) is 3.85. The molecule has 1 aliphatic heterocycles. The van der Waals surface area contributed by atoms with Crippen molar-refractivity contribution in [2.45, 2.75) is 40.3 Å². The van der Waals surface area contributed by atoms with Crippen molar-refractivity contribution in [2.75, 3.05) is 0 Å². The quantitative estimate of drug-likeness (QED) is 0.785. The van der Waals surface area contributed by atoms with Crippen molar-refractivity contribution in [1.82, 2.24) is 4.90 Å². The van der Waals surface area contributed by atoms with Crippen LogP contribution in [0.2, 0.25) is 0 Å². The molecule has 1 heterocycles. The molecule has 0 fully saturated rings. The van der Waals surface area contributed by atoms with E-state index in [0.717, 1.165) is 4.90 Å². The summed E-state index contributed by atoms with van der Waals surface area (Å²) in [6, 6.07) is 6.82. The fraction of sp³-hybridized carbons (Fsp3) is 0.438. The molecule has 1 aromatic rings. The largest absolute Gasteiger partial charge is 0.436 e. The van der Waals surface area contributed by atoms with Crippen molar-refractivity contribution in [3.63, 3.8) is 0 Å². The van der Waals surface area contributed by atoms with Gasteiger partial charge in [0, 0.05) is 17.5 Å². The van der Waals surface area contributed by atoms with Crippen LogP contribution in [-0.2, 0) is 14.3 Å². The van der Waals surface area contributed by atoms with E-state index in [9.17, 15) is 14.4 Å². The van der Waals surface area contributed by atoms with Crippen molar-refractivity contribution >= 4 is 17.8 Å². The van der Waals surface area contributed by atoms with Crippen LogP contribution >= 0.6 is 0 Å². The molecule has 2 rings (SSSR count). The third-order valence-corrected chi connectivity index (χ3v) is 3.31. The van der Waals surface area contributed by atoms with Crippen LogP contribution in [0.25, 0.3) is 0 Å². The van der Waals surface area contributed by atoms with Crippen molar-refractivity contribution in [1.29, 1.82) is 0 Å². The van der Waals surface area contributed by atoms with E-state index >= 15 is 0 Å². The molecule has 1 aromatic carbocycles. The minimum atomic E-state index is -0.965. The second-order valence-corrected chi connectivity index (χ2v) is 6.02. The van der Waals surface area contributed by atoms with E-state index in [1.54, 1.807) is 52.0 Å². The zero-order valence-corrected chi connectivity index (χ0v) is 12.7. The van der Waals surface area contributed by atoms with Crippen LogP contribution in [0.15, 0.2) is 24.3 Å². The Balaban J connectivity index is 2.41. The van der Waals surface area contributed by atoms with Gasteiger partial charge in [0.25, 0.3) is 5.91 Å². The van der Waals surface area contributed by atoms with Gasteiger partial charge in [-0.3, -0.25) is 14.4 Å².